The van der Waals surface area contributed by atoms with Crippen molar-refractivity contribution in [2.75, 3.05) is 17.7 Å². The molecule has 0 saturated carbocycles. The minimum atomic E-state index is -3.14. The number of H-pyrrole nitrogens is 1. The molecule has 0 fully saturated rings. The third-order valence-electron chi connectivity index (χ3n) is 6.41. The SMILES string of the molecule is Cc1ccc(O)c(C)c1-n1c(N)c(C(=O)c2cc3cccc(CCS(C)(=O)=O)c3[nH]2)c2nccnc21. The molecule has 36 heavy (non-hydrogen) atoms. The minimum Gasteiger partial charge on any atom is -0.508 e. The van der Waals surface area contributed by atoms with Gasteiger partial charge in [-0.2, -0.15) is 0 Å². The number of aryl methyl sites for hydroxylation is 2. The summed E-state index contributed by atoms with van der Waals surface area (Å²) in [5, 5.41) is 11.1. The maximum atomic E-state index is 13.8. The maximum Gasteiger partial charge on any atom is 0.215 e. The Morgan fingerprint density at radius 1 is 1.14 bits per heavy atom. The molecule has 184 valence electrons. The lowest BCUT2D eigenvalue weighted by molar-refractivity contribution is 0.103. The van der Waals surface area contributed by atoms with E-state index in [-0.39, 0.29) is 28.7 Å². The van der Waals surface area contributed by atoms with Gasteiger partial charge in [-0.05, 0) is 43.5 Å². The highest BCUT2D eigenvalue weighted by molar-refractivity contribution is 7.90. The van der Waals surface area contributed by atoms with E-state index >= 15 is 0 Å². The first-order valence-electron chi connectivity index (χ1n) is 11.3. The molecule has 0 aliphatic carbocycles. The Morgan fingerprint density at radius 2 is 1.89 bits per heavy atom. The summed E-state index contributed by atoms with van der Waals surface area (Å²) in [5.74, 6) is -0.0927. The molecule has 3 heterocycles. The van der Waals surface area contributed by atoms with Gasteiger partial charge in [-0.1, -0.05) is 24.3 Å². The number of fused-ring (bicyclic) bond motifs is 2. The summed E-state index contributed by atoms with van der Waals surface area (Å²) < 4.78 is 25.0. The Balaban J connectivity index is 1.68. The van der Waals surface area contributed by atoms with Crippen LogP contribution in [0.25, 0.3) is 27.8 Å². The Labute approximate surface area is 207 Å². The molecular weight excluding hydrogens is 478 g/mol. The first kappa shape index (κ1) is 23.6. The number of hydrogen-bond acceptors (Lipinski definition) is 7. The summed E-state index contributed by atoms with van der Waals surface area (Å²) in [6.45, 7) is 3.66. The van der Waals surface area contributed by atoms with E-state index in [9.17, 15) is 18.3 Å². The normalized spacial score (nSPS) is 12.0. The number of carbonyl (C=O) groups excluding carboxylic acids is 1. The number of nitrogens with zero attached hydrogens (tertiary/aromatic N) is 3. The Hall–Kier alpha value is -4.18. The van der Waals surface area contributed by atoms with Crippen molar-refractivity contribution in [3.05, 3.63) is 76.7 Å². The van der Waals surface area contributed by atoms with Crippen molar-refractivity contribution in [2.45, 2.75) is 20.3 Å². The van der Waals surface area contributed by atoms with E-state index in [1.54, 1.807) is 29.7 Å². The predicted molar refractivity (Wildman–Crippen MR) is 140 cm³/mol. The van der Waals surface area contributed by atoms with Crippen LogP contribution >= 0.6 is 0 Å². The van der Waals surface area contributed by atoms with Crippen molar-refractivity contribution in [3.63, 3.8) is 0 Å². The molecule has 0 aliphatic heterocycles. The van der Waals surface area contributed by atoms with Gasteiger partial charge in [0.25, 0.3) is 0 Å². The molecule has 0 unspecified atom stereocenters. The number of nitrogens with one attached hydrogen (secondary N) is 1. The van der Waals surface area contributed by atoms with E-state index in [1.165, 1.54) is 18.6 Å². The number of aromatic hydroxyl groups is 1. The number of phenolic OH excluding ortho intramolecular Hbond substituents is 1. The van der Waals surface area contributed by atoms with Crippen LogP contribution in [0.3, 0.4) is 0 Å². The lowest BCUT2D eigenvalue weighted by atomic mass is 10.1. The largest absolute Gasteiger partial charge is 0.508 e. The van der Waals surface area contributed by atoms with Gasteiger partial charge < -0.3 is 15.8 Å². The molecule has 2 aromatic carbocycles. The van der Waals surface area contributed by atoms with Gasteiger partial charge in [-0.25, -0.2) is 13.4 Å². The van der Waals surface area contributed by atoms with Crippen LogP contribution in [0.2, 0.25) is 0 Å². The zero-order chi connectivity index (χ0) is 25.8. The fourth-order valence-electron chi connectivity index (χ4n) is 4.62. The second-order valence-corrected chi connectivity index (χ2v) is 11.2. The summed E-state index contributed by atoms with van der Waals surface area (Å²) in [4.78, 5) is 25.9. The minimum absolute atomic E-state index is 0.00701. The average Bonchev–Trinajstić information content (AvgIpc) is 3.39. The van der Waals surface area contributed by atoms with Gasteiger partial charge in [0.15, 0.2) is 5.65 Å². The Morgan fingerprint density at radius 3 is 2.64 bits per heavy atom. The zero-order valence-corrected chi connectivity index (χ0v) is 20.8. The molecule has 5 aromatic rings. The van der Waals surface area contributed by atoms with Gasteiger partial charge >= 0.3 is 0 Å². The van der Waals surface area contributed by atoms with Crippen LogP contribution in [-0.4, -0.2) is 50.8 Å². The van der Waals surface area contributed by atoms with Crippen molar-refractivity contribution in [1.82, 2.24) is 19.5 Å². The zero-order valence-electron chi connectivity index (χ0n) is 20.0. The first-order chi connectivity index (χ1) is 17.1. The molecular formula is C26H25N5O4S. The number of sulfone groups is 1. The number of nitrogen functional groups attached to an aromatic ring is 1. The molecule has 0 amide bonds. The highest BCUT2D eigenvalue weighted by Gasteiger charge is 2.27. The molecule has 4 N–H and O–H groups in total. The molecule has 9 nitrogen and oxygen atoms in total. The van der Waals surface area contributed by atoms with Crippen molar-refractivity contribution >= 4 is 43.5 Å². The summed E-state index contributed by atoms with van der Waals surface area (Å²) in [6, 6.07) is 10.7. The average molecular weight is 504 g/mol. The summed E-state index contributed by atoms with van der Waals surface area (Å²) >= 11 is 0. The number of aromatic amines is 1. The van der Waals surface area contributed by atoms with Gasteiger partial charge in [0.2, 0.25) is 5.78 Å². The van der Waals surface area contributed by atoms with Crippen LogP contribution in [0.15, 0.2) is 48.8 Å². The smallest absolute Gasteiger partial charge is 0.215 e. The second kappa shape index (κ2) is 8.49. The van der Waals surface area contributed by atoms with Crippen LogP contribution in [0.1, 0.15) is 32.7 Å². The quantitative estimate of drug-likeness (QED) is 0.300. The van der Waals surface area contributed by atoms with Gasteiger partial charge in [-0.3, -0.25) is 14.3 Å². The first-order valence-corrected chi connectivity index (χ1v) is 13.4. The number of benzene rings is 2. The number of nitrogens with two attached hydrogens (primary N) is 1. The number of anilines is 1. The van der Waals surface area contributed by atoms with Crippen LogP contribution < -0.4 is 5.73 Å². The van der Waals surface area contributed by atoms with Crippen molar-refractivity contribution in [3.8, 4) is 11.4 Å². The van der Waals surface area contributed by atoms with E-state index in [4.69, 9.17) is 5.73 Å². The summed E-state index contributed by atoms with van der Waals surface area (Å²) in [5.41, 5.74) is 11.4. The third-order valence-corrected chi connectivity index (χ3v) is 7.35. The van der Waals surface area contributed by atoms with Crippen LogP contribution in [0, 0.1) is 13.8 Å². The monoisotopic (exact) mass is 503 g/mol. The molecule has 3 aromatic heterocycles. The van der Waals surface area contributed by atoms with Crippen molar-refractivity contribution in [1.29, 1.82) is 0 Å². The van der Waals surface area contributed by atoms with Crippen LogP contribution in [0.5, 0.6) is 5.75 Å². The van der Waals surface area contributed by atoms with E-state index in [0.29, 0.717) is 40.0 Å². The van der Waals surface area contributed by atoms with E-state index < -0.39 is 9.84 Å². The second-order valence-electron chi connectivity index (χ2n) is 8.97. The number of rotatable bonds is 6. The van der Waals surface area contributed by atoms with E-state index in [0.717, 1.165) is 16.5 Å². The van der Waals surface area contributed by atoms with Crippen LogP contribution in [-0.2, 0) is 16.3 Å². The number of phenols is 1. The Kier molecular flexibility index (Phi) is 5.55. The molecule has 0 atom stereocenters. The van der Waals surface area contributed by atoms with Crippen molar-refractivity contribution < 1.29 is 18.3 Å². The number of hydrogen-bond donors (Lipinski definition) is 3. The molecule has 0 spiro atoms. The maximum absolute atomic E-state index is 13.8. The van der Waals surface area contributed by atoms with Crippen LogP contribution in [0.4, 0.5) is 5.82 Å². The fraction of sp³-hybridized carbons (Fsp3) is 0.192. The fourth-order valence-corrected chi connectivity index (χ4v) is 5.21. The van der Waals surface area contributed by atoms with Gasteiger partial charge in [0.1, 0.15) is 26.9 Å². The Bertz CT molecular complexity index is 1780. The molecule has 0 bridgehead atoms. The highest BCUT2D eigenvalue weighted by Crippen LogP contribution is 2.36. The van der Waals surface area contributed by atoms with Crippen molar-refractivity contribution in [2.24, 2.45) is 0 Å². The standard InChI is InChI=1S/C26H25N5O4S/c1-14-7-8-19(32)15(2)23(14)31-25(27)20(22-26(31)29-11-10-28-22)24(33)18-13-17-6-4-5-16(21(17)30-18)9-12-36(3,34)35/h4-8,10-11,13,30,32H,9,12,27H2,1-3H3. The molecule has 0 aliphatic rings. The molecule has 5 rings (SSSR count). The number of carbonyl (C=O) groups is 1. The number of aromatic nitrogens is 4. The van der Waals surface area contributed by atoms with E-state index in [2.05, 4.69) is 15.0 Å². The third kappa shape index (κ3) is 3.89. The number of ketones is 1. The summed E-state index contributed by atoms with van der Waals surface area (Å²) in [6.07, 6.45) is 4.55. The highest BCUT2D eigenvalue weighted by atomic mass is 32.2. The van der Waals surface area contributed by atoms with Gasteiger partial charge in [0, 0.05) is 35.1 Å². The van der Waals surface area contributed by atoms with E-state index in [1.807, 2.05) is 25.1 Å². The molecule has 10 heteroatoms. The predicted octanol–water partition coefficient (Wildman–Crippen LogP) is 3.62. The summed E-state index contributed by atoms with van der Waals surface area (Å²) in [7, 11) is -3.14. The van der Waals surface area contributed by atoms with Gasteiger partial charge in [-0.15, -0.1) is 0 Å². The number of para-hydroxylation sites is 1. The molecule has 0 radical (unpaired) electrons. The van der Waals surface area contributed by atoms with Gasteiger partial charge in [0.05, 0.1) is 22.7 Å². The topological polar surface area (TPSA) is 144 Å². The lowest BCUT2D eigenvalue weighted by Gasteiger charge is -2.15. The lowest BCUT2D eigenvalue weighted by Crippen LogP contribution is -2.09. The molecule has 0 saturated heterocycles.